The van der Waals surface area contributed by atoms with Crippen molar-refractivity contribution in [1.82, 2.24) is 10.3 Å². The van der Waals surface area contributed by atoms with Crippen LogP contribution in [0.2, 0.25) is 0 Å². The number of aromatic nitrogens is 1. The maximum atomic E-state index is 5.90. The first-order chi connectivity index (χ1) is 11.3. The Hall–Kier alpha value is -0.870. The molecule has 0 amide bonds. The van der Waals surface area contributed by atoms with Crippen LogP contribution in [0, 0.1) is 0 Å². The van der Waals surface area contributed by atoms with E-state index in [9.17, 15) is 0 Å². The number of aliphatic imine (C=N–C) groups is 1. The van der Waals surface area contributed by atoms with Crippen molar-refractivity contribution in [3.05, 3.63) is 33.5 Å². The highest BCUT2D eigenvalue weighted by Crippen LogP contribution is 2.24. The zero-order chi connectivity index (χ0) is 15.9. The number of hydrogen-bond donors (Lipinski definition) is 2. The Morgan fingerprint density at radius 2 is 2.12 bits per heavy atom. The fourth-order valence-corrected chi connectivity index (χ4v) is 4.19. The maximum absolute atomic E-state index is 5.90. The molecule has 0 atom stereocenters. The Kier molecular flexibility index (Phi) is 8.26. The molecule has 1 saturated heterocycles. The summed E-state index contributed by atoms with van der Waals surface area (Å²) in [6.45, 7) is 3.80. The molecule has 0 aromatic carbocycles. The number of nitrogens with one attached hydrogen (secondary N) is 1. The first-order valence-corrected chi connectivity index (χ1v) is 9.83. The van der Waals surface area contributed by atoms with Crippen molar-refractivity contribution in [3.63, 3.8) is 0 Å². The summed E-state index contributed by atoms with van der Waals surface area (Å²) in [6, 6.07) is 4.19. The summed E-state index contributed by atoms with van der Waals surface area (Å²) in [5.41, 5.74) is 7.03. The van der Waals surface area contributed by atoms with Gasteiger partial charge in [-0.1, -0.05) is 6.07 Å². The van der Waals surface area contributed by atoms with Gasteiger partial charge in [-0.2, -0.15) is 0 Å². The third-order valence-electron chi connectivity index (χ3n) is 3.82. The van der Waals surface area contributed by atoms with Crippen LogP contribution in [-0.4, -0.2) is 37.1 Å². The third kappa shape index (κ3) is 5.89. The number of hydrogen-bond acceptors (Lipinski definition) is 5. The van der Waals surface area contributed by atoms with Gasteiger partial charge in [0.2, 0.25) is 0 Å². The molecule has 24 heavy (non-hydrogen) atoms. The topological polar surface area (TPSA) is 66.5 Å². The van der Waals surface area contributed by atoms with Crippen molar-refractivity contribution in [2.45, 2.75) is 25.7 Å². The van der Waals surface area contributed by atoms with E-state index in [1.807, 2.05) is 0 Å². The Morgan fingerprint density at radius 3 is 2.88 bits per heavy atom. The highest BCUT2D eigenvalue weighted by Gasteiger charge is 2.15. The Balaban J connectivity index is 0.00000208. The highest BCUT2D eigenvalue weighted by atomic mass is 127. The lowest BCUT2D eigenvalue weighted by Gasteiger charge is -2.12. The minimum atomic E-state index is 0. The van der Waals surface area contributed by atoms with Crippen LogP contribution in [0.5, 0.6) is 0 Å². The molecule has 8 heteroatoms. The average molecular weight is 477 g/mol. The summed E-state index contributed by atoms with van der Waals surface area (Å²) >= 11 is 3.51. The number of guanidine groups is 1. The molecule has 0 bridgehead atoms. The van der Waals surface area contributed by atoms with Crippen LogP contribution in [0.1, 0.15) is 23.4 Å². The van der Waals surface area contributed by atoms with Gasteiger partial charge in [-0.15, -0.1) is 46.7 Å². The normalized spacial score (nSPS) is 14.7. The quantitative estimate of drug-likeness (QED) is 0.366. The van der Waals surface area contributed by atoms with E-state index in [1.54, 1.807) is 22.7 Å². The van der Waals surface area contributed by atoms with Gasteiger partial charge in [-0.05, 0) is 24.3 Å². The molecule has 5 nitrogen and oxygen atoms in total. The molecule has 0 radical (unpaired) electrons. The number of nitrogens with zero attached hydrogens (tertiary/aromatic N) is 3. The Labute approximate surface area is 168 Å². The van der Waals surface area contributed by atoms with Crippen molar-refractivity contribution >= 4 is 57.7 Å². The van der Waals surface area contributed by atoms with Crippen LogP contribution in [0.3, 0.4) is 0 Å². The lowest BCUT2D eigenvalue weighted by atomic mass is 10.3. The smallest absolute Gasteiger partial charge is 0.188 e. The molecule has 0 unspecified atom stereocenters. The minimum Gasteiger partial charge on any atom is -0.370 e. The zero-order valence-electron chi connectivity index (χ0n) is 13.6. The molecule has 3 heterocycles. The fourth-order valence-electron chi connectivity index (χ4n) is 2.58. The minimum absolute atomic E-state index is 0. The number of thiazole rings is 1. The molecule has 1 aliphatic rings. The standard InChI is InChI=1S/C16H23N5S2.HI/c17-15(19-8-6-14-4-3-11-22-14)18-7-5-13-12-23-16(20-13)21-9-1-2-10-21;/h3-4,11-12H,1-2,5-10H2,(H3,17,18,19);1H. The Morgan fingerprint density at radius 1 is 1.29 bits per heavy atom. The zero-order valence-corrected chi connectivity index (χ0v) is 17.6. The Bertz CT molecular complexity index is 620. The molecule has 3 N–H and O–H groups in total. The van der Waals surface area contributed by atoms with Crippen molar-refractivity contribution in [1.29, 1.82) is 0 Å². The van der Waals surface area contributed by atoms with Gasteiger partial charge in [0, 0.05) is 49.3 Å². The summed E-state index contributed by atoms with van der Waals surface area (Å²) in [6.07, 6.45) is 4.40. The molecule has 0 spiro atoms. The molecular formula is C16H24IN5S2. The van der Waals surface area contributed by atoms with Crippen molar-refractivity contribution in [3.8, 4) is 0 Å². The van der Waals surface area contributed by atoms with Crippen molar-refractivity contribution in [2.75, 3.05) is 31.1 Å². The predicted molar refractivity (Wildman–Crippen MR) is 115 cm³/mol. The van der Waals surface area contributed by atoms with Crippen molar-refractivity contribution < 1.29 is 0 Å². The molecule has 0 saturated carbocycles. The van der Waals surface area contributed by atoms with Gasteiger partial charge >= 0.3 is 0 Å². The van der Waals surface area contributed by atoms with E-state index in [-0.39, 0.29) is 24.0 Å². The molecule has 3 rings (SSSR count). The van der Waals surface area contributed by atoms with Gasteiger partial charge < -0.3 is 16.0 Å². The van der Waals surface area contributed by atoms with E-state index in [2.05, 4.69) is 38.1 Å². The van der Waals surface area contributed by atoms with Crippen LogP contribution in [-0.2, 0) is 12.8 Å². The van der Waals surface area contributed by atoms with E-state index < -0.39 is 0 Å². The molecule has 2 aromatic rings. The predicted octanol–water partition coefficient (Wildman–Crippen LogP) is 3.11. The molecule has 1 aliphatic heterocycles. The van der Waals surface area contributed by atoms with Crippen molar-refractivity contribution in [2.24, 2.45) is 10.7 Å². The molecule has 132 valence electrons. The van der Waals surface area contributed by atoms with Gasteiger partial charge in [0.1, 0.15) is 0 Å². The van der Waals surface area contributed by atoms with Gasteiger partial charge in [0.15, 0.2) is 11.1 Å². The van der Waals surface area contributed by atoms with Crippen LogP contribution in [0.15, 0.2) is 27.9 Å². The van der Waals surface area contributed by atoms with Gasteiger partial charge in [-0.25, -0.2) is 4.98 Å². The molecule has 2 aromatic heterocycles. The van der Waals surface area contributed by atoms with Crippen LogP contribution in [0.25, 0.3) is 0 Å². The second-order valence-electron chi connectivity index (χ2n) is 5.59. The summed E-state index contributed by atoms with van der Waals surface area (Å²) < 4.78 is 0. The van der Waals surface area contributed by atoms with E-state index in [1.165, 1.54) is 17.7 Å². The number of thiophene rings is 1. The van der Waals surface area contributed by atoms with Gasteiger partial charge in [0.25, 0.3) is 0 Å². The van der Waals surface area contributed by atoms with E-state index in [0.717, 1.165) is 49.8 Å². The van der Waals surface area contributed by atoms with E-state index in [0.29, 0.717) is 5.96 Å². The average Bonchev–Trinajstić information content (AvgIpc) is 3.29. The van der Waals surface area contributed by atoms with E-state index >= 15 is 0 Å². The summed E-state index contributed by atoms with van der Waals surface area (Å²) in [4.78, 5) is 12.8. The van der Waals surface area contributed by atoms with Crippen LogP contribution < -0.4 is 16.0 Å². The van der Waals surface area contributed by atoms with E-state index in [4.69, 9.17) is 10.7 Å². The monoisotopic (exact) mass is 477 g/mol. The second kappa shape index (κ2) is 10.2. The molecule has 1 fully saturated rings. The molecule has 0 aliphatic carbocycles. The number of nitrogens with two attached hydrogens (primary N) is 1. The first-order valence-electron chi connectivity index (χ1n) is 8.07. The maximum Gasteiger partial charge on any atom is 0.188 e. The lowest BCUT2D eigenvalue weighted by Crippen LogP contribution is -2.33. The van der Waals surface area contributed by atoms with Crippen LogP contribution >= 0.6 is 46.7 Å². The second-order valence-corrected chi connectivity index (χ2v) is 7.46. The first kappa shape index (κ1) is 19.5. The van der Waals surface area contributed by atoms with Crippen LogP contribution in [0.4, 0.5) is 5.13 Å². The third-order valence-corrected chi connectivity index (χ3v) is 5.71. The summed E-state index contributed by atoms with van der Waals surface area (Å²) in [7, 11) is 0. The van der Waals surface area contributed by atoms with Gasteiger partial charge in [0.05, 0.1) is 5.69 Å². The highest BCUT2D eigenvalue weighted by molar-refractivity contribution is 14.0. The van der Waals surface area contributed by atoms with Gasteiger partial charge in [-0.3, -0.25) is 4.99 Å². The number of rotatable bonds is 7. The molecular weight excluding hydrogens is 453 g/mol. The number of anilines is 1. The lowest BCUT2D eigenvalue weighted by molar-refractivity contribution is 0.827. The summed E-state index contributed by atoms with van der Waals surface area (Å²) in [5.74, 6) is 0.525. The number of halogens is 1. The summed E-state index contributed by atoms with van der Waals surface area (Å²) in [5, 5.41) is 8.57. The SMILES string of the molecule is I.NC(=NCCc1cccs1)NCCc1csc(N2CCCC2)n1. The fraction of sp³-hybridized carbons (Fsp3) is 0.500. The largest absolute Gasteiger partial charge is 0.370 e.